The van der Waals surface area contributed by atoms with Crippen LogP contribution in [0.15, 0.2) is 18.2 Å². The van der Waals surface area contributed by atoms with E-state index < -0.39 is 0 Å². The molecule has 0 bridgehead atoms. The van der Waals surface area contributed by atoms with Crippen molar-refractivity contribution in [2.24, 2.45) is 11.8 Å². The highest BCUT2D eigenvalue weighted by molar-refractivity contribution is 6.00. The molecule has 1 aliphatic heterocycles. The third-order valence-electron chi connectivity index (χ3n) is 6.96. The maximum absolute atomic E-state index is 13.4. The van der Waals surface area contributed by atoms with Gasteiger partial charge in [0.2, 0.25) is 11.8 Å². The summed E-state index contributed by atoms with van der Waals surface area (Å²) in [7, 11) is 7.10. The molecular weight excluding hydrogens is 448 g/mol. The Morgan fingerprint density at radius 1 is 1.20 bits per heavy atom. The highest BCUT2D eigenvalue weighted by Crippen LogP contribution is 2.30. The highest BCUT2D eigenvalue weighted by atomic mass is 16.5. The van der Waals surface area contributed by atoms with Gasteiger partial charge in [0.1, 0.15) is 12.4 Å². The van der Waals surface area contributed by atoms with Gasteiger partial charge in [0, 0.05) is 44.8 Å². The van der Waals surface area contributed by atoms with Crippen LogP contribution in [0.4, 0.5) is 5.69 Å². The minimum atomic E-state index is -0.254. The van der Waals surface area contributed by atoms with E-state index in [0.29, 0.717) is 36.6 Å². The van der Waals surface area contributed by atoms with Crippen LogP contribution < -0.4 is 10.1 Å². The molecular formula is C26H40N4O5. The number of ether oxygens (including phenoxy) is 2. The molecule has 2 aliphatic rings. The van der Waals surface area contributed by atoms with Crippen LogP contribution >= 0.6 is 0 Å². The van der Waals surface area contributed by atoms with E-state index in [9.17, 15) is 14.4 Å². The van der Waals surface area contributed by atoms with Crippen LogP contribution in [-0.4, -0.2) is 99.1 Å². The van der Waals surface area contributed by atoms with Gasteiger partial charge in [-0.3, -0.25) is 14.4 Å². The monoisotopic (exact) mass is 488 g/mol. The summed E-state index contributed by atoms with van der Waals surface area (Å²) in [5.41, 5.74) is 0.950. The van der Waals surface area contributed by atoms with Gasteiger partial charge in [0.25, 0.3) is 5.91 Å². The molecule has 0 aromatic heterocycles. The zero-order valence-electron chi connectivity index (χ0n) is 21.9. The molecule has 1 saturated carbocycles. The van der Waals surface area contributed by atoms with E-state index >= 15 is 0 Å². The number of carbonyl (C=O) groups is 3. The van der Waals surface area contributed by atoms with E-state index in [0.717, 1.165) is 19.3 Å². The van der Waals surface area contributed by atoms with Gasteiger partial charge in [-0.25, -0.2) is 0 Å². The maximum atomic E-state index is 13.4. The van der Waals surface area contributed by atoms with E-state index in [1.54, 1.807) is 37.3 Å². The number of rotatable bonds is 5. The molecule has 0 spiro atoms. The highest BCUT2D eigenvalue weighted by Gasteiger charge is 2.31. The lowest BCUT2D eigenvalue weighted by molar-refractivity contribution is -0.136. The average Bonchev–Trinajstić information content (AvgIpc) is 2.76. The van der Waals surface area contributed by atoms with Gasteiger partial charge >= 0.3 is 0 Å². The van der Waals surface area contributed by atoms with Crippen molar-refractivity contribution >= 4 is 23.4 Å². The number of hydrogen-bond donors (Lipinski definition) is 1. The first-order valence-corrected chi connectivity index (χ1v) is 12.4. The Labute approximate surface area is 208 Å². The fourth-order valence-corrected chi connectivity index (χ4v) is 4.48. The standard InChI is InChI=1S/C26H40N4O5/c1-17-13-30(24(31)15-28(3)4)18(2)16-35-22-11-10-20(27-25(32)19-8-7-9-19)12-21(22)26(33)29(5)14-23(17)34-6/h10-12,17-19,23H,7-9,13-16H2,1-6H3,(H,27,32)/t17-,18+,23-/m1/s1. The zero-order valence-corrected chi connectivity index (χ0v) is 21.9. The number of methoxy groups -OCH3 is 1. The Kier molecular flexibility index (Phi) is 9.13. The van der Waals surface area contributed by atoms with Crippen LogP contribution in [0.1, 0.15) is 43.5 Å². The molecule has 1 heterocycles. The second-order valence-corrected chi connectivity index (χ2v) is 10.2. The molecule has 3 rings (SSSR count). The Morgan fingerprint density at radius 3 is 2.51 bits per heavy atom. The summed E-state index contributed by atoms with van der Waals surface area (Å²) in [6, 6.07) is 4.95. The van der Waals surface area contributed by atoms with Crippen LogP contribution in [0.2, 0.25) is 0 Å². The molecule has 1 aliphatic carbocycles. The van der Waals surface area contributed by atoms with Crippen LogP contribution in [0, 0.1) is 11.8 Å². The van der Waals surface area contributed by atoms with E-state index in [-0.39, 0.29) is 48.3 Å². The van der Waals surface area contributed by atoms with Gasteiger partial charge in [0.15, 0.2) is 0 Å². The summed E-state index contributed by atoms with van der Waals surface area (Å²) in [6.45, 7) is 5.38. The number of hydrogen-bond acceptors (Lipinski definition) is 6. The third-order valence-corrected chi connectivity index (χ3v) is 6.96. The number of anilines is 1. The largest absolute Gasteiger partial charge is 0.491 e. The number of likely N-dealkylation sites (N-methyl/N-ethyl adjacent to an activating group) is 2. The fraction of sp³-hybridized carbons (Fsp3) is 0.654. The van der Waals surface area contributed by atoms with Crippen molar-refractivity contribution in [1.29, 1.82) is 0 Å². The van der Waals surface area contributed by atoms with Gasteiger partial charge in [-0.05, 0) is 52.1 Å². The molecule has 1 fully saturated rings. The molecule has 1 aromatic carbocycles. The molecule has 1 aromatic rings. The van der Waals surface area contributed by atoms with Crippen molar-refractivity contribution in [2.45, 2.75) is 45.3 Å². The van der Waals surface area contributed by atoms with Crippen molar-refractivity contribution in [1.82, 2.24) is 14.7 Å². The molecule has 0 unspecified atom stereocenters. The lowest BCUT2D eigenvalue weighted by Gasteiger charge is -2.36. The van der Waals surface area contributed by atoms with E-state index in [1.165, 1.54) is 0 Å². The lowest BCUT2D eigenvalue weighted by atomic mass is 9.85. The molecule has 35 heavy (non-hydrogen) atoms. The van der Waals surface area contributed by atoms with Crippen molar-refractivity contribution < 1.29 is 23.9 Å². The topological polar surface area (TPSA) is 91.4 Å². The van der Waals surface area contributed by atoms with Crippen molar-refractivity contribution in [3.8, 4) is 5.75 Å². The summed E-state index contributed by atoms with van der Waals surface area (Å²) in [5.74, 6) is 0.268. The van der Waals surface area contributed by atoms with Gasteiger partial charge in [0.05, 0.1) is 24.3 Å². The first kappa shape index (κ1) is 26.9. The first-order valence-electron chi connectivity index (χ1n) is 12.4. The maximum Gasteiger partial charge on any atom is 0.257 e. The SMILES string of the molecule is CO[C@@H]1CN(C)C(=O)c2cc(NC(=O)C3CCC3)ccc2OC[C@H](C)N(C(=O)CN(C)C)C[C@H]1C. The predicted octanol–water partition coefficient (Wildman–Crippen LogP) is 2.32. The van der Waals surface area contributed by atoms with E-state index in [2.05, 4.69) is 5.32 Å². The molecule has 3 atom stereocenters. The summed E-state index contributed by atoms with van der Waals surface area (Å²) in [4.78, 5) is 44.3. The molecule has 3 amide bonds. The Hall–Kier alpha value is -2.65. The minimum absolute atomic E-state index is 0.00388. The molecule has 0 saturated heterocycles. The molecule has 1 N–H and O–H groups in total. The average molecular weight is 489 g/mol. The quantitative estimate of drug-likeness (QED) is 0.684. The summed E-state index contributed by atoms with van der Waals surface area (Å²) < 4.78 is 11.9. The number of nitrogens with zero attached hydrogens (tertiary/aromatic N) is 3. The van der Waals surface area contributed by atoms with Gasteiger partial charge in [-0.2, -0.15) is 0 Å². The van der Waals surface area contributed by atoms with Gasteiger partial charge in [-0.15, -0.1) is 0 Å². The molecule has 9 nitrogen and oxygen atoms in total. The van der Waals surface area contributed by atoms with Crippen molar-refractivity contribution in [2.75, 3.05) is 59.8 Å². The Bertz CT molecular complexity index is 917. The fourth-order valence-electron chi connectivity index (χ4n) is 4.48. The summed E-state index contributed by atoms with van der Waals surface area (Å²) in [5, 5.41) is 2.94. The van der Waals surface area contributed by atoms with Crippen LogP contribution in [0.25, 0.3) is 0 Å². The number of fused-ring (bicyclic) bond motifs is 1. The predicted molar refractivity (Wildman–Crippen MR) is 135 cm³/mol. The molecule has 9 heteroatoms. The molecule has 0 radical (unpaired) electrons. The third kappa shape index (κ3) is 6.73. The zero-order chi connectivity index (χ0) is 25.7. The van der Waals surface area contributed by atoms with Crippen molar-refractivity contribution in [3.05, 3.63) is 23.8 Å². The number of nitrogens with one attached hydrogen (secondary N) is 1. The van der Waals surface area contributed by atoms with E-state index in [1.807, 2.05) is 37.7 Å². The van der Waals surface area contributed by atoms with Crippen LogP contribution in [0.5, 0.6) is 5.75 Å². The van der Waals surface area contributed by atoms with Gasteiger partial charge < -0.3 is 29.5 Å². The lowest BCUT2D eigenvalue weighted by Crippen LogP contribution is -2.50. The van der Waals surface area contributed by atoms with Gasteiger partial charge in [-0.1, -0.05) is 13.3 Å². The summed E-state index contributed by atoms with van der Waals surface area (Å²) in [6.07, 6.45) is 2.62. The van der Waals surface area contributed by atoms with Crippen LogP contribution in [-0.2, 0) is 14.3 Å². The number of carbonyl (C=O) groups excluding carboxylic acids is 3. The number of amides is 3. The number of benzene rings is 1. The van der Waals surface area contributed by atoms with E-state index in [4.69, 9.17) is 9.47 Å². The molecule has 194 valence electrons. The van der Waals surface area contributed by atoms with Crippen molar-refractivity contribution in [3.63, 3.8) is 0 Å². The second-order valence-electron chi connectivity index (χ2n) is 10.2. The normalized spacial score (nSPS) is 24.1. The summed E-state index contributed by atoms with van der Waals surface area (Å²) >= 11 is 0. The first-order chi connectivity index (χ1) is 16.6. The smallest absolute Gasteiger partial charge is 0.257 e. The Balaban J connectivity index is 1.91. The minimum Gasteiger partial charge on any atom is -0.491 e. The van der Waals surface area contributed by atoms with Crippen LogP contribution in [0.3, 0.4) is 0 Å². The second kappa shape index (κ2) is 11.9. The Morgan fingerprint density at radius 2 is 1.91 bits per heavy atom.